The predicted octanol–water partition coefficient (Wildman–Crippen LogP) is 5.39. The standard InChI is InChI=1S/C21H26O4/c1-6-11-24-20-18(23-5)12-15(14-22)13-19(20)25-17-10-8-7-9-16(17)21(2,3)4/h7-10,12-14H,6,11H2,1-5H3. The molecule has 4 heteroatoms. The van der Waals surface area contributed by atoms with Gasteiger partial charge in [-0.05, 0) is 30.0 Å². The summed E-state index contributed by atoms with van der Waals surface area (Å²) in [5.74, 6) is 2.22. The molecule has 0 fully saturated rings. The molecule has 0 aliphatic rings. The van der Waals surface area contributed by atoms with Crippen LogP contribution in [0.25, 0.3) is 0 Å². The van der Waals surface area contributed by atoms with Crippen molar-refractivity contribution in [1.29, 1.82) is 0 Å². The number of methoxy groups -OCH3 is 1. The minimum Gasteiger partial charge on any atom is -0.493 e. The monoisotopic (exact) mass is 342 g/mol. The Hall–Kier alpha value is -2.49. The van der Waals surface area contributed by atoms with Gasteiger partial charge in [0.2, 0.25) is 5.75 Å². The van der Waals surface area contributed by atoms with Crippen LogP contribution in [0.15, 0.2) is 36.4 Å². The molecule has 2 aromatic rings. The lowest BCUT2D eigenvalue weighted by Gasteiger charge is -2.23. The summed E-state index contributed by atoms with van der Waals surface area (Å²) in [7, 11) is 1.55. The molecule has 134 valence electrons. The molecular formula is C21H26O4. The van der Waals surface area contributed by atoms with Crippen molar-refractivity contribution in [2.24, 2.45) is 0 Å². The first-order valence-electron chi connectivity index (χ1n) is 8.48. The molecule has 0 saturated heterocycles. The molecule has 2 aromatic carbocycles. The van der Waals surface area contributed by atoms with Gasteiger partial charge < -0.3 is 14.2 Å². The van der Waals surface area contributed by atoms with Crippen LogP contribution in [-0.4, -0.2) is 20.0 Å². The highest BCUT2D eigenvalue weighted by Crippen LogP contribution is 2.42. The Balaban J connectivity index is 2.53. The zero-order valence-electron chi connectivity index (χ0n) is 15.6. The Kier molecular flexibility index (Phi) is 6.07. The van der Waals surface area contributed by atoms with Gasteiger partial charge in [0.25, 0.3) is 0 Å². The molecule has 0 atom stereocenters. The number of carbonyl (C=O) groups is 1. The molecule has 0 N–H and O–H groups in total. The van der Waals surface area contributed by atoms with Gasteiger partial charge in [-0.1, -0.05) is 45.9 Å². The second-order valence-electron chi connectivity index (χ2n) is 6.86. The average molecular weight is 342 g/mol. The fourth-order valence-corrected chi connectivity index (χ4v) is 2.53. The maximum Gasteiger partial charge on any atom is 0.204 e. The summed E-state index contributed by atoms with van der Waals surface area (Å²) < 4.78 is 17.4. The number of ether oxygens (including phenoxy) is 3. The van der Waals surface area contributed by atoms with Gasteiger partial charge in [-0.2, -0.15) is 0 Å². The quantitative estimate of drug-likeness (QED) is 0.633. The summed E-state index contributed by atoms with van der Waals surface area (Å²) in [4.78, 5) is 11.3. The summed E-state index contributed by atoms with van der Waals surface area (Å²) in [5, 5.41) is 0. The Bertz CT molecular complexity index is 729. The second kappa shape index (κ2) is 8.06. The van der Waals surface area contributed by atoms with Crippen molar-refractivity contribution in [3.8, 4) is 23.0 Å². The number of benzene rings is 2. The van der Waals surface area contributed by atoms with Gasteiger partial charge >= 0.3 is 0 Å². The normalized spacial score (nSPS) is 11.1. The molecule has 25 heavy (non-hydrogen) atoms. The Morgan fingerprint density at radius 3 is 2.32 bits per heavy atom. The van der Waals surface area contributed by atoms with Crippen LogP contribution in [0.4, 0.5) is 0 Å². The fraction of sp³-hybridized carbons (Fsp3) is 0.381. The lowest BCUT2D eigenvalue weighted by molar-refractivity contribution is 0.112. The van der Waals surface area contributed by atoms with E-state index < -0.39 is 0 Å². The Morgan fingerprint density at radius 2 is 1.72 bits per heavy atom. The maximum atomic E-state index is 11.3. The second-order valence-corrected chi connectivity index (χ2v) is 6.86. The van der Waals surface area contributed by atoms with E-state index in [2.05, 4.69) is 20.8 Å². The minimum atomic E-state index is -0.0760. The largest absolute Gasteiger partial charge is 0.493 e. The maximum absolute atomic E-state index is 11.3. The van der Waals surface area contributed by atoms with Crippen LogP contribution >= 0.6 is 0 Å². The summed E-state index contributed by atoms with van der Waals surface area (Å²) >= 11 is 0. The molecule has 0 heterocycles. The topological polar surface area (TPSA) is 44.8 Å². The van der Waals surface area contributed by atoms with E-state index in [0.29, 0.717) is 29.4 Å². The van der Waals surface area contributed by atoms with Gasteiger partial charge in [0, 0.05) is 11.1 Å². The van der Waals surface area contributed by atoms with E-state index in [9.17, 15) is 4.79 Å². The highest BCUT2D eigenvalue weighted by molar-refractivity contribution is 5.78. The van der Waals surface area contributed by atoms with Gasteiger partial charge in [0.15, 0.2) is 11.5 Å². The van der Waals surface area contributed by atoms with E-state index in [1.54, 1.807) is 19.2 Å². The number of aldehydes is 1. The molecule has 4 nitrogen and oxygen atoms in total. The van der Waals surface area contributed by atoms with E-state index in [4.69, 9.17) is 14.2 Å². The zero-order valence-corrected chi connectivity index (χ0v) is 15.6. The van der Waals surface area contributed by atoms with Crippen molar-refractivity contribution in [3.63, 3.8) is 0 Å². The first kappa shape index (κ1) is 18.8. The van der Waals surface area contributed by atoms with E-state index in [-0.39, 0.29) is 5.41 Å². The highest BCUT2D eigenvalue weighted by atomic mass is 16.5. The number of hydrogen-bond donors (Lipinski definition) is 0. The smallest absolute Gasteiger partial charge is 0.204 e. The summed E-state index contributed by atoms with van der Waals surface area (Å²) in [5.41, 5.74) is 1.48. The minimum absolute atomic E-state index is 0.0760. The SMILES string of the molecule is CCCOc1c(OC)cc(C=O)cc1Oc1ccccc1C(C)(C)C. The van der Waals surface area contributed by atoms with E-state index in [1.165, 1.54) is 0 Å². The van der Waals surface area contributed by atoms with Crippen LogP contribution in [0.1, 0.15) is 50.0 Å². The third kappa shape index (κ3) is 4.53. The number of para-hydroxylation sites is 1. The molecule has 0 aliphatic carbocycles. The van der Waals surface area contributed by atoms with Crippen molar-refractivity contribution in [3.05, 3.63) is 47.5 Å². The Morgan fingerprint density at radius 1 is 1.04 bits per heavy atom. The summed E-state index contributed by atoms with van der Waals surface area (Å²) in [6.07, 6.45) is 1.63. The Labute approximate surface area is 149 Å². The number of hydrogen-bond acceptors (Lipinski definition) is 4. The van der Waals surface area contributed by atoms with Crippen LogP contribution < -0.4 is 14.2 Å². The third-order valence-electron chi connectivity index (χ3n) is 3.76. The molecule has 0 aliphatic heterocycles. The molecule has 0 saturated carbocycles. The molecule has 0 unspecified atom stereocenters. The van der Waals surface area contributed by atoms with Gasteiger partial charge in [-0.25, -0.2) is 0 Å². The molecule has 0 bridgehead atoms. The van der Waals surface area contributed by atoms with Crippen LogP contribution in [-0.2, 0) is 5.41 Å². The third-order valence-corrected chi connectivity index (χ3v) is 3.76. The van der Waals surface area contributed by atoms with Crippen LogP contribution in [0.5, 0.6) is 23.0 Å². The highest BCUT2D eigenvalue weighted by Gasteiger charge is 2.21. The molecule has 2 rings (SSSR count). The van der Waals surface area contributed by atoms with Crippen molar-refractivity contribution < 1.29 is 19.0 Å². The predicted molar refractivity (Wildman–Crippen MR) is 99.4 cm³/mol. The fourth-order valence-electron chi connectivity index (χ4n) is 2.53. The first-order valence-corrected chi connectivity index (χ1v) is 8.48. The average Bonchev–Trinajstić information content (AvgIpc) is 2.59. The van der Waals surface area contributed by atoms with E-state index in [0.717, 1.165) is 24.0 Å². The lowest BCUT2D eigenvalue weighted by Crippen LogP contribution is -2.12. The van der Waals surface area contributed by atoms with E-state index in [1.807, 2.05) is 31.2 Å². The van der Waals surface area contributed by atoms with Gasteiger partial charge in [-0.15, -0.1) is 0 Å². The van der Waals surface area contributed by atoms with Crippen LogP contribution in [0, 0.1) is 0 Å². The number of rotatable bonds is 7. The van der Waals surface area contributed by atoms with Crippen molar-refractivity contribution in [2.45, 2.75) is 39.5 Å². The molecule has 0 aromatic heterocycles. The zero-order chi connectivity index (χ0) is 18.4. The van der Waals surface area contributed by atoms with Gasteiger partial charge in [0.05, 0.1) is 13.7 Å². The van der Waals surface area contributed by atoms with Crippen LogP contribution in [0.2, 0.25) is 0 Å². The van der Waals surface area contributed by atoms with Gasteiger partial charge in [-0.3, -0.25) is 4.79 Å². The van der Waals surface area contributed by atoms with Crippen molar-refractivity contribution in [1.82, 2.24) is 0 Å². The molecule has 0 radical (unpaired) electrons. The summed E-state index contributed by atoms with van der Waals surface area (Å²) in [6.45, 7) is 8.96. The van der Waals surface area contributed by atoms with Crippen LogP contribution in [0.3, 0.4) is 0 Å². The summed E-state index contributed by atoms with van der Waals surface area (Å²) in [6, 6.07) is 11.2. The molecule has 0 amide bonds. The first-order chi connectivity index (χ1) is 11.9. The molecular weight excluding hydrogens is 316 g/mol. The van der Waals surface area contributed by atoms with E-state index >= 15 is 0 Å². The number of carbonyl (C=O) groups excluding carboxylic acids is 1. The van der Waals surface area contributed by atoms with Crippen molar-refractivity contribution in [2.75, 3.05) is 13.7 Å². The lowest BCUT2D eigenvalue weighted by atomic mass is 9.86. The molecule has 0 spiro atoms. The van der Waals surface area contributed by atoms with Gasteiger partial charge in [0.1, 0.15) is 12.0 Å². The van der Waals surface area contributed by atoms with Crippen molar-refractivity contribution >= 4 is 6.29 Å².